The molecule has 1 aromatic carbocycles. The molecule has 2 aromatic heterocycles. The summed E-state index contributed by atoms with van der Waals surface area (Å²) >= 11 is 1.21. The van der Waals surface area contributed by atoms with Crippen molar-refractivity contribution >= 4 is 48.3 Å². The standard InChI is InChI=1S/C25H29N5O6S2/c1-26-12-2-13-35-21-10-9-20-24(28-21)37-25(27-20)29-23(31)22(30-36-17-11-14-34-15-17)16-3-5-18(6-4-16)38(32,33)19-7-8-19/h3-6,9-10,17,19,26H,2,7-8,11-15H2,1H3,(H,27,29,31)/t17-/m1/s1. The van der Waals surface area contributed by atoms with E-state index < -0.39 is 15.7 Å². The molecule has 1 atom stereocenters. The summed E-state index contributed by atoms with van der Waals surface area (Å²) in [5.41, 5.74) is 1.06. The molecule has 2 fully saturated rings. The number of oxime groups is 1. The van der Waals surface area contributed by atoms with Crippen LogP contribution in [0.25, 0.3) is 10.3 Å². The topological polar surface area (TPSA) is 141 Å². The number of carbonyl (C=O) groups excluding carboxylic acids is 1. The summed E-state index contributed by atoms with van der Waals surface area (Å²) in [6, 6.07) is 9.68. The highest BCUT2D eigenvalue weighted by molar-refractivity contribution is 7.92. The zero-order valence-electron chi connectivity index (χ0n) is 20.9. The van der Waals surface area contributed by atoms with E-state index in [4.69, 9.17) is 14.3 Å². The summed E-state index contributed by atoms with van der Waals surface area (Å²) in [7, 11) is -1.46. The average molecular weight is 560 g/mol. The first-order valence-electron chi connectivity index (χ1n) is 12.5. The second kappa shape index (κ2) is 11.7. The molecular weight excluding hydrogens is 530 g/mol. The molecule has 3 heterocycles. The quantitative estimate of drug-likeness (QED) is 0.195. The van der Waals surface area contributed by atoms with Crippen molar-refractivity contribution in [2.45, 2.75) is 41.9 Å². The van der Waals surface area contributed by atoms with Gasteiger partial charge < -0.3 is 19.6 Å². The first-order chi connectivity index (χ1) is 18.4. The summed E-state index contributed by atoms with van der Waals surface area (Å²) < 4.78 is 36.2. The minimum atomic E-state index is -3.35. The normalized spacial score (nSPS) is 18.0. The van der Waals surface area contributed by atoms with Gasteiger partial charge in [0, 0.05) is 18.1 Å². The number of nitrogens with zero attached hydrogens (tertiary/aromatic N) is 3. The molecule has 0 spiro atoms. The number of aromatic nitrogens is 2. The SMILES string of the molecule is CNCCCOc1ccc2nc(NC(=O)C(=NO[C@@H]3CCOC3)c3ccc(S(=O)(=O)C4CC4)cc3)sc2n1. The summed E-state index contributed by atoms with van der Waals surface area (Å²) in [5.74, 6) is -0.0462. The lowest BCUT2D eigenvalue weighted by molar-refractivity contribution is -0.110. The monoisotopic (exact) mass is 559 g/mol. The second-order valence-electron chi connectivity index (χ2n) is 9.05. The van der Waals surface area contributed by atoms with Gasteiger partial charge in [0.05, 0.1) is 30.0 Å². The summed E-state index contributed by atoms with van der Waals surface area (Å²) in [6.07, 6.45) is 2.62. The highest BCUT2D eigenvalue weighted by Crippen LogP contribution is 2.33. The number of rotatable bonds is 12. The molecule has 1 aliphatic carbocycles. The van der Waals surface area contributed by atoms with Crippen LogP contribution >= 0.6 is 11.3 Å². The van der Waals surface area contributed by atoms with Crippen LogP contribution in [0.4, 0.5) is 5.13 Å². The summed E-state index contributed by atoms with van der Waals surface area (Å²) in [6.45, 7) is 2.34. The zero-order valence-corrected chi connectivity index (χ0v) is 22.5. The van der Waals surface area contributed by atoms with Gasteiger partial charge in [-0.1, -0.05) is 28.6 Å². The lowest BCUT2D eigenvalue weighted by atomic mass is 10.1. The number of anilines is 1. The van der Waals surface area contributed by atoms with Gasteiger partial charge in [0.1, 0.15) is 10.3 Å². The molecule has 1 saturated carbocycles. The third kappa shape index (κ3) is 6.29. The number of carbonyl (C=O) groups is 1. The van der Waals surface area contributed by atoms with Crippen molar-refractivity contribution in [1.82, 2.24) is 15.3 Å². The van der Waals surface area contributed by atoms with Gasteiger partial charge in [-0.15, -0.1) is 0 Å². The van der Waals surface area contributed by atoms with E-state index in [-0.39, 0.29) is 22.0 Å². The van der Waals surface area contributed by atoms with E-state index in [2.05, 4.69) is 25.8 Å². The maximum atomic E-state index is 13.3. The Morgan fingerprint density at radius 3 is 2.68 bits per heavy atom. The van der Waals surface area contributed by atoms with Gasteiger partial charge in [0.25, 0.3) is 5.91 Å². The van der Waals surface area contributed by atoms with Gasteiger partial charge in [0.15, 0.2) is 26.8 Å². The fraction of sp³-hybridized carbons (Fsp3) is 0.440. The predicted octanol–water partition coefficient (Wildman–Crippen LogP) is 2.76. The van der Waals surface area contributed by atoms with Crippen molar-refractivity contribution < 1.29 is 27.5 Å². The van der Waals surface area contributed by atoms with Crippen molar-refractivity contribution in [3.63, 3.8) is 0 Å². The van der Waals surface area contributed by atoms with E-state index in [1.54, 1.807) is 24.3 Å². The third-order valence-corrected chi connectivity index (χ3v) is 9.25. The number of nitrogens with one attached hydrogen (secondary N) is 2. The van der Waals surface area contributed by atoms with E-state index >= 15 is 0 Å². The zero-order chi connectivity index (χ0) is 26.5. The number of hydrogen-bond donors (Lipinski definition) is 2. The van der Waals surface area contributed by atoms with Gasteiger partial charge >= 0.3 is 0 Å². The maximum absolute atomic E-state index is 13.3. The number of ether oxygens (including phenoxy) is 2. The van der Waals surface area contributed by atoms with Crippen molar-refractivity contribution in [2.75, 3.05) is 38.7 Å². The first kappa shape index (κ1) is 26.5. The van der Waals surface area contributed by atoms with Crippen LogP contribution in [-0.4, -0.2) is 74.8 Å². The number of sulfone groups is 1. The second-order valence-corrected chi connectivity index (χ2v) is 12.3. The Kier molecular flexibility index (Phi) is 8.17. The molecule has 0 bridgehead atoms. The number of pyridine rings is 1. The van der Waals surface area contributed by atoms with Crippen LogP contribution in [0.5, 0.6) is 5.88 Å². The molecule has 11 nitrogen and oxygen atoms in total. The number of amides is 1. The van der Waals surface area contributed by atoms with E-state index in [1.807, 2.05) is 7.05 Å². The molecule has 38 heavy (non-hydrogen) atoms. The molecule has 5 rings (SSSR count). The first-order valence-corrected chi connectivity index (χ1v) is 14.8. The van der Waals surface area contributed by atoms with Crippen molar-refractivity contribution in [1.29, 1.82) is 0 Å². The molecule has 1 amide bonds. The van der Waals surface area contributed by atoms with Crippen LogP contribution in [0.1, 0.15) is 31.2 Å². The van der Waals surface area contributed by atoms with Crippen LogP contribution in [0.3, 0.4) is 0 Å². The van der Waals surface area contributed by atoms with Gasteiger partial charge in [0.2, 0.25) is 5.88 Å². The Morgan fingerprint density at radius 2 is 1.97 bits per heavy atom. The minimum Gasteiger partial charge on any atom is -0.478 e. The van der Waals surface area contributed by atoms with Crippen LogP contribution in [0.15, 0.2) is 46.4 Å². The molecule has 13 heteroatoms. The lowest BCUT2D eigenvalue weighted by Gasteiger charge is -2.10. The van der Waals surface area contributed by atoms with Gasteiger partial charge in [-0.3, -0.25) is 10.1 Å². The Labute approximate surface area is 224 Å². The van der Waals surface area contributed by atoms with E-state index in [9.17, 15) is 13.2 Å². The average Bonchev–Trinajstić information content (AvgIpc) is 3.52. The number of thiazole rings is 1. The molecule has 0 radical (unpaired) electrons. The van der Waals surface area contributed by atoms with E-state index in [0.29, 0.717) is 66.0 Å². The Bertz CT molecular complexity index is 1410. The maximum Gasteiger partial charge on any atom is 0.280 e. The summed E-state index contributed by atoms with van der Waals surface area (Å²) in [4.78, 5) is 28.7. The Morgan fingerprint density at radius 1 is 1.16 bits per heavy atom. The highest BCUT2D eigenvalue weighted by Gasteiger charge is 2.36. The van der Waals surface area contributed by atoms with Crippen molar-refractivity contribution in [2.24, 2.45) is 5.16 Å². The third-order valence-electron chi connectivity index (χ3n) is 6.09. The number of hydrogen-bond acceptors (Lipinski definition) is 11. The van der Waals surface area contributed by atoms with Crippen LogP contribution in [0, 0.1) is 0 Å². The van der Waals surface area contributed by atoms with Crippen LogP contribution < -0.4 is 15.4 Å². The van der Waals surface area contributed by atoms with Gasteiger partial charge in [-0.2, -0.15) is 0 Å². The smallest absolute Gasteiger partial charge is 0.280 e. The molecular formula is C25H29N5O6S2. The van der Waals surface area contributed by atoms with Crippen LogP contribution in [-0.2, 0) is 24.2 Å². The molecule has 2 aliphatic rings. The van der Waals surface area contributed by atoms with Crippen molar-refractivity contribution in [3.05, 3.63) is 42.0 Å². The highest BCUT2D eigenvalue weighted by atomic mass is 32.2. The van der Waals surface area contributed by atoms with Gasteiger partial charge in [-0.25, -0.2) is 18.4 Å². The molecule has 1 saturated heterocycles. The summed E-state index contributed by atoms with van der Waals surface area (Å²) in [5, 5.41) is 10.0. The van der Waals surface area contributed by atoms with E-state index in [1.165, 1.54) is 23.5 Å². The van der Waals surface area contributed by atoms with E-state index in [0.717, 1.165) is 13.0 Å². The lowest BCUT2D eigenvalue weighted by Crippen LogP contribution is -2.25. The minimum absolute atomic E-state index is 0.00745. The largest absolute Gasteiger partial charge is 0.478 e. The molecule has 0 unspecified atom stereocenters. The van der Waals surface area contributed by atoms with Crippen molar-refractivity contribution in [3.8, 4) is 5.88 Å². The number of benzene rings is 1. The molecule has 202 valence electrons. The van der Waals surface area contributed by atoms with Crippen LogP contribution in [0.2, 0.25) is 0 Å². The molecule has 2 N–H and O–H groups in total. The fourth-order valence-electron chi connectivity index (χ4n) is 3.84. The number of fused-ring (bicyclic) bond motifs is 1. The Balaban J connectivity index is 1.33. The van der Waals surface area contributed by atoms with Gasteiger partial charge in [-0.05, 0) is 51.1 Å². The Hall–Kier alpha value is -3.13. The fourth-order valence-corrected chi connectivity index (χ4v) is 6.32. The molecule has 3 aromatic rings. The molecule has 1 aliphatic heterocycles. The predicted molar refractivity (Wildman–Crippen MR) is 144 cm³/mol.